The standard InChI is InChI=1S/C9H17NO2/c1-8(10-11)9(12-2)6-4-3-5-7-9/h11H,3-7H2,1-2H3/b10-8+. The molecule has 1 rings (SSSR count). The molecule has 12 heavy (non-hydrogen) atoms. The molecule has 0 aromatic rings. The minimum Gasteiger partial charge on any atom is -0.411 e. The van der Waals surface area contributed by atoms with Gasteiger partial charge in [0, 0.05) is 7.11 Å². The lowest BCUT2D eigenvalue weighted by Crippen LogP contribution is -2.41. The summed E-state index contributed by atoms with van der Waals surface area (Å²) >= 11 is 0. The molecular formula is C9H17NO2. The van der Waals surface area contributed by atoms with Crippen LogP contribution in [-0.4, -0.2) is 23.6 Å². The largest absolute Gasteiger partial charge is 0.411 e. The van der Waals surface area contributed by atoms with E-state index in [2.05, 4.69) is 5.16 Å². The fourth-order valence-electron chi connectivity index (χ4n) is 1.93. The predicted octanol–water partition coefficient (Wildman–Crippen LogP) is 2.19. The molecule has 1 N–H and O–H groups in total. The van der Waals surface area contributed by atoms with E-state index >= 15 is 0 Å². The number of oxime groups is 1. The molecule has 0 atom stereocenters. The number of ether oxygens (including phenoxy) is 1. The maximum atomic E-state index is 8.69. The molecule has 0 radical (unpaired) electrons. The highest BCUT2D eigenvalue weighted by atomic mass is 16.5. The van der Waals surface area contributed by atoms with Gasteiger partial charge in [-0.25, -0.2) is 0 Å². The molecule has 0 heterocycles. The van der Waals surface area contributed by atoms with Crippen LogP contribution in [0.25, 0.3) is 0 Å². The van der Waals surface area contributed by atoms with Gasteiger partial charge in [0.2, 0.25) is 0 Å². The van der Waals surface area contributed by atoms with Gasteiger partial charge in [-0.15, -0.1) is 0 Å². The first-order valence-corrected chi connectivity index (χ1v) is 4.49. The van der Waals surface area contributed by atoms with Gasteiger partial charge in [0.1, 0.15) is 5.60 Å². The Morgan fingerprint density at radius 1 is 1.33 bits per heavy atom. The zero-order valence-electron chi connectivity index (χ0n) is 7.84. The zero-order valence-corrected chi connectivity index (χ0v) is 7.84. The minimum absolute atomic E-state index is 0.271. The Morgan fingerprint density at radius 3 is 2.33 bits per heavy atom. The maximum Gasteiger partial charge on any atom is 0.109 e. The SMILES string of the molecule is COC1(/C(C)=N/O)CCCCC1. The lowest BCUT2D eigenvalue weighted by molar-refractivity contribution is 0.0163. The van der Waals surface area contributed by atoms with Gasteiger partial charge in [0.25, 0.3) is 0 Å². The van der Waals surface area contributed by atoms with E-state index in [0.717, 1.165) is 12.8 Å². The molecular weight excluding hydrogens is 154 g/mol. The van der Waals surface area contributed by atoms with Crippen molar-refractivity contribution in [3.8, 4) is 0 Å². The number of hydrogen-bond donors (Lipinski definition) is 1. The second kappa shape index (κ2) is 3.90. The van der Waals surface area contributed by atoms with Crippen molar-refractivity contribution in [1.82, 2.24) is 0 Å². The molecule has 0 spiro atoms. The van der Waals surface area contributed by atoms with E-state index < -0.39 is 0 Å². The smallest absolute Gasteiger partial charge is 0.109 e. The van der Waals surface area contributed by atoms with Gasteiger partial charge in [-0.2, -0.15) is 0 Å². The van der Waals surface area contributed by atoms with Crippen LogP contribution in [0.2, 0.25) is 0 Å². The molecule has 3 heteroatoms. The van der Waals surface area contributed by atoms with Gasteiger partial charge >= 0.3 is 0 Å². The van der Waals surface area contributed by atoms with Crippen molar-refractivity contribution in [2.45, 2.75) is 44.6 Å². The molecule has 1 aliphatic carbocycles. The number of rotatable bonds is 2. The summed E-state index contributed by atoms with van der Waals surface area (Å²) < 4.78 is 5.44. The van der Waals surface area contributed by atoms with E-state index in [4.69, 9.17) is 9.94 Å². The quantitative estimate of drug-likeness (QED) is 0.393. The normalized spacial score (nSPS) is 24.0. The molecule has 1 saturated carbocycles. The van der Waals surface area contributed by atoms with E-state index in [-0.39, 0.29) is 5.60 Å². The minimum atomic E-state index is -0.271. The van der Waals surface area contributed by atoms with Gasteiger partial charge < -0.3 is 9.94 Å². The van der Waals surface area contributed by atoms with Crippen LogP contribution in [0.5, 0.6) is 0 Å². The maximum absolute atomic E-state index is 8.69. The summed E-state index contributed by atoms with van der Waals surface area (Å²) in [5, 5.41) is 11.9. The third-order valence-electron chi connectivity index (χ3n) is 2.86. The van der Waals surface area contributed by atoms with Crippen LogP contribution in [0.4, 0.5) is 0 Å². The fraction of sp³-hybridized carbons (Fsp3) is 0.889. The van der Waals surface area contributed by atoms with Crippen LogP contribution in [0, 0.1) is 0 Å². The van der Waals surface area contributed by atoms with Crippen molar-refractivity contribution in [3.05, 3.63) is 0 Å². The van der Waals surface area contributed by atoms with Crippen molar-refractivity contribution in [1.29, 1.82) is 0 Å². The monoisotopic (exact) mass is 171 g/mol. The Morgan fingerprint density at radius 2 is 1.92 bits per heavy atom. The molecule has 0 aromatic heterocycles. The van der Waals surface area contributed by atoms with E-state index in [9.17, 15) is 0 Å². The van der Waals surface area contributed by atoms with Gasteiger partial charge in [0.05, 0.1) is 5.71 Å². The molecule has 0 aromatic carbocycles. The second-order valence-electron chi connectivity index (χ2n) is 3.44. The van der Waals surface area contributed by atoms with E-state index in [0.29, 0.717) is 5.71 Å². The Hall–Kier alpha value is -0.570. The molecule has 0 bridgehead atoms. The highest BCUT2D eigenvalue weighted by Crippen LogP contribution is 2.32. The number of nitrogens with zero attached hydrogens (tertiary/aromatic N) is 1. The van der Waals surface area contributed by atoms with Crippen molar-refractivity contribution >= 4 is 5.71 Å². The molecule has 0 unspecified atom stereocenters. The Balaban J connectivity index is 2.73. The third kappa shape index (κ3) is 1.61. The van der Waals surface area contributed by atoms with Crippen molar-refractivity contribution in [3.63, 3.8) is 0 Å². The first-order valence-electron chi connectivity index (χ1n) is 4.49. The van der Waals surface area contributed by atoms with Crippen LogP contribution in [0.1, 0.15) is 39.0 Å². The van der Waals surface area contributed by atoms with Crippen molar-refractivity contribution < 1.29 is 9.94 Å². The summed E-state index contributed by atoms with van der Waals surface area (Å²) in [5.41, 5.74) is 0.442. The van der Waals surface area contributed by atoms with Gasteiger partial charge in [-0.05, 0) is 19.8 Å². The van der Waals surface area contributed by atoms with Crippen molar-refractivity contribution in [2.24, 2.45) is 5.16 Å². The third-order valence-corrected chi connectivity index (χ3v) is 2.86. The van der Waals surface area contributed by atoms with E-state index in [1.807, 2.05) is 6.92 Å². The first kappa shape index (κ1) is 9.52. The predicted molar refractivity (Wildman–Crippen MR) is 47.7 cm³/mol. The molecule has 0 aliphatic heterocycles. The van der Waals surface area contributed by atoms with Crippen LogP contribution in [0.3, 0.4) is 0 Å². The lowest BCUT2D eigenvalue weighted by atomic mass is 9.81. The summed E-state index contributed by atoms with van der Waals surface area (Å²) in [4.78, 5) is 0. The summed E-state index contributed by atoms with van der Waals surface area (Å²) in [7, 11) is 1.69. The summed E-state index contributed by atoms with van der Waals surface area (Å²) in [6.07, 6.45) is 5.57. The van der Waals surface area contributed by atoms with Gasteiger partial charge in [-0.1, -0.05) is 24.4 Å². The molecule has 1 fully saturated rings. The molecule has 1 aliphatic rings. The lowest BCUT2D eigenvalue weighted by Gasteiger charge is -2.35. The highest BCUT2D eigenvalue weighted by Gasteiger charge is 2.35. The van der Waals surface area contributed by atoms with Crippen LogP contribution in [0.15, 0.2) is 5.16 Å². The first-order chi connectivity index (χ1) is 5.75. The van der Waals surface area contributed by atoms with Gasteiger partial charge in [0.15, 0.2) is 0 Å². The number of hydrogen-bond acceptors (Lipinski definition) is 3. The molecule has 70 valence electrons. The van der Waals surface area contributed by atoms with Crippen molar-refractivity contribution in [2.75, 3.05) is 7.11 Å². The summed E-state index contributed by atoms with van der Waals surface area (Å²) in [6.45, 7) is 1.83. The Labute approximate surface area is 73.4 Å². The molecule has 0 saturated heterocycles. The Kier molecular flexibility index (Phi) is 3.09. The Bertz CT molecular complexity index is 171. The second-order valence-corrected chi connectivity index (χ2v) is 3.44. The molecule has 0 amide bonds. The molecule has 3 nitrogen and oxygen atoms in total. The fourth-order valence-corrected chi connectivity index (χ4v) is 1.93. The summed E-state index contributed by atoms with van der Waals surface area (Å²) in [5.74, 6) is 0. The highest BCUT2D eigenvalue weighted by molar-refractivity contribution is 5.90. The van der Waals surface area contributed by atoms with Gasteiger partial charge in [-0.3, -0.25) is 0 Å². The average Bonchev–Trinajstić information content (AvgIpc) is 2.17. The zero-order chi connectivity index (χ0) is 9.03. The summed E-state index contributed by atoms with van der Waals surface area (Å²) in [6, 6.07) is 0. The van der Waals surface area contributed by atoms with Crippen LogP contribution in [-0.2, 0) is 4.74 Å². The van der Waals surface area contributed by atoms with E-state index in [1.165, 1.54) is 19.3 Å². The van der Waals surface area contributed by atoms with Crippen LogP contribution >= 0.6 is 0 Å². The van der Waals surface area contributed by atoms with Crippen LogP contribution < -0.4 is 0 Å². The topological polar surface area (TPSA) is 41.8 Å². The number of methoxy groups -OCH3 is 1. The average molecular weight is 171 g/mol. The van der Waals surface area contributed by atoms with E-state index in [1.54, 1.807) is 7.11 Å².